The Bertz CT molecular complexity index is 588. The van der Waals surface area contributed by atoms with Gasteiger partial charge in [-0.2, -0.15) is 5.26 Å². The van der Waals surface area contributed by atoms with Crippen LogP contribution in [0, 0.1) is 17.2 Å². The van der Waals surface area contributed by atoms with Crippen LogP contribution < -0.4 is 5.32 Å². The van der Waals surface area contributed by atoms with E-state index in [9.17, 15) is 9.59 Å². The molecule has 1 heterocycles. The van der Waals surface area contributed by atoms with Gasteiger partial charge < -0.3 is 14.8 Å². The highest BCUT2D eigenvalue weighted by molar-refractivity contribution is 5.86. The van der Waals surface area contributed by atoms with Crippen molar-refractivity contribution in [2.75, 3.05) is 20.3 Å². The van der Waals surface area contributed by atoms with Crippen LogP contribution in [0.1, 0.15) is 17.5 Å². The summed E-state index contributed by atoms with van der Waals surface area (Å²) in [5, 5.41) is 11.8. The van der Waals surface area contributed by atoms with Crippen LogP contribution in [0.4, 0.5) is 0 Å². The van der Waals surface area contributed by atoms with E-state index < -0.39 is 12.0 Å². The van der Waals surface area contributed by atoms with Gasteiger partial charge in [0, 0.05) is 13.0 Å². The van der Waals surface area contributed by atoms with Crippen LogP contribution in [0.2, 0.25) is 0 Å². The average molecular weight is 302 g/mol. The monoisotopic (exact) mass is 302 g/mol. The predicted molar refractivity (Wildman–Crippen MR) is 77.7 cm³/mol. The SMILES string of the molecule is COC(=O)[C@H](Cc1ccccc1C#N)NC(=O)[C@@H]1CCOC1. The number of nitrogens with one attached hydrogen (secondary N) is 1. The topological polar surface area (TPSA) is 88.4 Å². The van der Waals surface area contributed by atoms with Crippen molar-refractivity contribution in [2.45, 2.75) is 18.9 Å². The van der Waals surface area contributed by atoms with Crippen molar-refractivity contribution >= 4 is 11.9 Å². The third-order valence-electron chi connectivity index (χ3n) is 3.66. The zero-order chi connectivity index (χ0) is 15.9. The summed E-state index contributed by atoms with van der Waals surface area (Å²) in [6.07, 6.45) is 0.865. The van der Waals surface area contributed by atoms with Gasteiger partial charge in [-0.15, -0.1) is 0 Å². The van der Waals surface area contributed by atoms with E-state index >= 15 is 0 Å². The molecular weight excluding hydrogens is 284 g/mol. The molecule has 1 N–H and O–H groups in total. The summed E-state index contributed by atoms with van der Waals surface area (Å²) in [5.41, 5.74) is 1.18. The minimum absolute atomic E-state index is 0.218. The maximum Gasteiger partial charge on any atom is 0.328 e. The van der Waals surface area contributed by atoms with E-state index in [0.29, 0.717) is 30.8 Å². The molecule has 116 valence electrons. The number of hydrogen-bond acceptors (Lipinski definition) is 5. The summed E-state index contributed by atoms with van der Waals surface area (Å²) in [6.45, 7) is 0.923. The Morgan fingerprint density at radius 3 is 2.91 bits per heavy atom. The van der Waals surface area contributed by atoms with E-state index in [2.05, 4.69) is 11.4 Å². The minimum atomic E-state index is -0.812. The lowest BCUT2D eigenvalue weighted by atomic mass is 10.00. The molecule has 1 aliphatic heterocycles. The zero-order valence-electron chi connectivity index (χ0n) is 12.4. The fraction of sp³-hybridized carbons (Fsp3) is 0.438. The number of benzene rings is 1. The molecule has 22 heavy (non-hydrogen) atoms. The minimum Gasteiger partial charge on any atom is -0.467 e. The van der Waals surface area contributed by atoms with Gasteiger partial charge in [-0.05, 0) is 18.1 Å². The lowest BCUT2D eigenvalue weighted by Gasteiger charge is -2.19. The van der Waals surface area contributed by atoms with Crippen molar-refractivity contribution in [3.8, 4) is 6.07 Å². The maximum absolute atomic E-state index is 12.2. The maximum atomic E-state index is 12.2. The number of nitriles is 1. The first-order valence-corrected chi connectivity index (χ1v) is 7.09. The molecule has 0 spiro atoms. The Morgan fingerprint density at radius 2 is 2.27 bits per heavy atom. The second-order valence-corrected chi connectivity index (χ2v) is 5.12. The van der Waals surface area contributed by atoms with Gasteiger partial charge in [0.2, 0.25) is 5.91 Å². The second-order valence-electron chi connectivity index (χ2n) is 5.12. The van der Waals surface area contributed by atoms with Gasteiger partial charge in [0.05, 0.1) is 31.3 Å². The van der Waals surface area contributed by atoms with Crippen molar-refractivity contribution in [2.24, 2.45) is 5.92 Å². The first-order chi connectivity index (χ1) is 10.7. The molecule has 1 aromatic carbocycles. The quantitative estimate of drug-likeness (QED) is 0.813. The molecule has 2 atom stereocenters. The van der Waals surface area contributed by atoms with E-state index in [4.69, 9.17) is 14.7 Å². The van der Waals surface area contributed by atoms with Crippen molar-refractivity contribution in [3.05, 3.63) is 35.4 Å². The van der Waals surface area contributed by atoms with Crippen molar-refractivity contribution in [1.82, 2.24) is 5.32 Å². The van der Waals surface area contributed by atoms with Gasteiger partial charge in [-0.25, -0.2) is 4.79 Å². The molecule has 2 rings (SSSR count). The third-order valence-corrected chi connectivity index (χ3v) is 3.66. The smallest absolute Gasteiger partial charge is 0.328 e. The fourth-order valence-electron chi connectivity index (χ4n) is 2.39. The molecule has 0 aromatic heterocycles. The molecule has 0 bridgehead atoms. The third kappa shape index (κ3) is 3.83. The Morgan fingerprint density at radius 1 is 1.50 bits per heavy atom. The number of ether oxygens (including phenoxy) is 2. The number of rotatable bonds is 5. The highest BCUT2D eigenvalue weighted by Crippen LogP contribution is 2.15. The molecule has 0 saturated carbocycles. The number of amides is 1. The normalized spacial score (nSPS) is 18.3. The Balaban J connectivity index is 2.11. The molecule has 1 fully saturated rings. The van der Waals surface area contributed by atoms with Gasteiger partial charge in [-0.3, -0.25) is 4.79 Å². The summed E-state index contributed by atoms with van der Waals surface area (Å²) >= 11 is 0. The molecule has 1 aliphatic rings. The molecule has 6 nitrogen and oxygen atoms in total. The summed E-state index contributed by atoms with van der Waals surface area (Å²) < 4.78 is 9.94. The van der Waals surface area contributed by atoms with E-state index in [1.165, 1.54) is 7.11 Å². The lowest BCUT2D eigenvalue weighted by molar-refractivity contribution is -0.145. The summed E-state index contributed by atoms with van der Waals surface area (Å²) in [4.78, 5) is 24.1. The van der Waals surface area contributed by atoms with E-state index in [1.807, 2.05) is 0 Å². The Hall–Kier alpha value is -2.39. The summed E-state index contributed by atoms with van der Waals surface area (Å²) in [5.74, 6) is -0.985. The highest BCUT2D eigenvalue weighted by Gasteiger charge is 2.29. The van der Waals surface area contributed by atoms with Gasteiger partial charge in [-0.1, -0.05) is 18.2 Å². The lowest BCUT2D eigenvalue weighted by Crippen LogP contribution is -2.45. The molecule has 0 radical (unpaired) electrons. The van der Waals surface area contributed by atoms with Crippen LogP contribution in [0.25, 0.3) is 0 Å². The molecular formula is C16H18N2O4. The summed E-state index contributed by atoms with van der Waals surface area (Å²) in [7, 11) is 1.27. The molecule has 0 aliphatic carbocycles. The number of carbonyl (C=O) groups excluding carboxylic acids is 2. The zero-order valence-corrected chi connectivity index (χ0v) is 12.4. The molecule has 0 unspecified atom stereocenters. The Kier molecular flexibility index (Phi) is 5.50. The molecule has 1 saturated heterocycles. The van der Waals surface area contributed by atoms with E-state index in [-0.39, 0.29) is 18.2 Å². The van der Waals surface area contributed by atoms with Gasteiger partial charge in [0.15, 0.2) is 0 Å². The largest absolute Gasteiger partial charge is 0.467 e. The second kappa shape index (κ2) is 7.57. The fourth-order valence-corrected chi connectivity index (χ4v) is 2.39. The van der Waals surface area contributed by atoms with Crippen molar-refractivity contribution < 1.29 is 19.1 Å². The van der Waals surface area contributed by atoms with Crippen LogP contribution in [0.5, 0.6) is 0 Å². The van der Waals surface area contributed by atoms with Gasteiger partial charge in [0.25, 0.3) is 0 Å². The van der Waals surface area contributed by atoms with Gasteiger partial charge >= 0.3 is 5.97 Å². The number of methoxy groups -OCH3 is 1. The van der Waals surface area contributed by atoms with Crippen LogP contribution in [0.3, 0.4) is 0 Å². The van der Waals surface area contributed by atoms with E-state index in [1.54, 1.807) is 24.3 Å². The Labute approximate surface area is 129 Å². The van der Waals surface area contributed by atoms with Crippen LogP contribution in [0.15, 0.2) is 24.3 Å². The van der Waals surface area contributed by atoms with Gasteiger partial charge in [0.1, 0.15) is 6.04 Å². The highest BCUT2D eigenvalue weighted by atomic mass is 16.5. The van der Waals surface area contributed by atoms with Crippen LogP contribution in [-0.2, 0) is 25.5 Å². The van der Waals surface area contributed by atoms with Crippen molar-refractivity contribution in [1.29, 1.82) is 5.26 Å². The number of carbonyl (C=O) groups is 2. The first-order valence-electron chi connectivity index (χ1n) is 7.09. The first kappa shape index (κ1) is 16.0. The van der Waals surface area contributed by atoms with Crippen LogP contribution >= 0.6 is 0 Å². The number of hydrogen-bond donors (Lipinski definition) is 1. The summed E-state index contributed by atoms with van der Waals surface area (Å²) in [6, 6.07) is 8.25. The number of nitrogens with zero attached hydrogens (tertiary/aromatic N) is 1. The standard InChI is InChI=1S/C16H18N2O4/c1-21-16(20)14(18-15(19)13-6-7-22-10-13)8-11-4-2-3-5-12(11)9-17/h2-5,13-14H,6-8,10H2,1H3,(H,18,19)/t13-,14+/m1/s1. The van der Waals surface area contributed by atoms with Crippen LogP contribution in [-0.4, -0.2) is 38.2 Å². The number of esters is 1. The average Bonchev–Trinajstić information content (AvgIpc) is 3.08. The molecule has 1 amide bonds. The molecule has 1 aromatic rings. The van der Waals surface area contributed by atoms with E-state index in [0.717, 1.165) is 0 Å². The predicted octanol–water partition coefficient (Wildman–Crippen LogP) is 0.795. The van der Waals surface area contributed by atoms with Crippen molar-refractivity contribution in [3.63, 3.8) is 0 Å². The molecule has 6 heteroatoms.